The minimum atomic E-state index is -0.324. The van der Waals surface area contributed by atoms with Crippen LogP contribution >= 0.6 is 0 Å². The minimum Gasteiger partial charge on any atom is -0.463 e. The molecule has 150 valence electrons. The predicted molar refractivity (Wildman–Crippen MR) is 113 cm³/mol. The lowest BCUT2D eigenvalue weighted by atomic mass is 10.1. The molecule has 0 radical (unpaired) electrons. The van der Waals surface area contributed by atoms with Gasteiger partial charge in [0.25, 0.3) is 0 Å². The monoisotopic (exact) mass is 372 g/mol. The highest BCUT2D eigenvalue weighted by molar-refractivity contribution is 5.82. The molecule has 0 N–H and O–H groups in total. The SMILES string of the molecule is CCCCCCCCCCC/C=C/C=C1/O/C1=C\C=C\C=C\C(=O)OCC. The molecule has 0 atom stereocenters. The van der Waals surface area contributed by atoms with E-state index in [1.165, 1.54) is 63.9 Å². The zero-order valence-corrected chi connectivity index (χ0v) is 17.1. The summed E-state index contributed by atoms with van der Waals surface area (Å²) in [7, 11) is 0. The number of unbranched alkanes of at least 4 members (excludes halogenated alkanes) is 9. The molecule has 3 heteroatoms. The van der Waals surface area contributed by atoms with Gasteiger partial charge in [-0.25, -0.2) is 4.79 Å². The molecule has 0 aromatic carbocycles. The molecular formula is C24H36O3. The van der Waals surface area contributed by atoms with Crippen LogP contribution in [-0.4, -0.2) is 12.6 Å². The Balaban J connectivity index is 2.02. The molecule has 0 spiro atoms. The molecule has 0 unspecified atom stereocenters. The highest BCUT2D eigenvalue weighted by atomic mass is 16.6. The Kier molecular flexibility index (Phi) is 13.8. The van der Waals surface area contributed by atoms with Crippen molar-refractivity contribution in [1.29, 1.82) is 0 Å². The number of rotatable bonds is 15. The summed E-state index contributed by atoms with van der Waals surface area (Å²) in [6.07, 6.45) is 28.3. The molecule has 1 aliphatic heterocycles. The Labute approximate surface area is 165 Å². The average molecular weight is 373 g/mol. The van der Waals surface area contributed by atoms with Gasteiger partial charge in [0.2, 0.25) is 0 Å². The molecular weight excluding hydrogens is 336 g/mol. The quantitative estimate of drug-likeness (QED) is 0.103. The first-order valence-electron chi connectivity index (χ1n) is 10.5. The van der Waals surface area contributed by atoms with Gasteiger partial charge in [0.1, 0.15) is 0 Å². The van der Waals surface area contributed by atoms with E-state index < -0.39 is 0 Å². The number of carbonyl (C=O) groups excluding carboxylic acids is 1. The molecule has 0 aliphatic carbocycles. The Bertz CT molecular complexity index is 550. The lowest BCUT2D eigenvalue weighted by Gasteiger charge is -2.00. The number of esters is 1. The van der Waals surface area contributed by atoms with Gasteiger partial charge in [-0.1, -0.05) is 88.7 Å². The van der Waals surface area contributed by atoms with Gasteiger partial charge in [-0.05, 0) is 31.9 Å². The zero-order chi connectivity index (χ0) is 19.6. The third-order valence-corrected chi connectivity index (χ3v) is 4.27. The molecule has 1 saturated heterocycles. The van der Waals surface area contributed by atoms with E-state index in [0.29, 0.717) is 6.61 Å². The van der Waals surface area contributed by atoms with Crippen LogP contribution in [0.25, 0.3) is 0 Å². The van der Waals surface area contributed by atoms with Crippen molar-refractivity contribution in [2.75, 3.05) is 6.61 Å². The number of ether oxygens (including phenoxy) is 2. The highest BCUT2D eigenvalue weighted by Crippen LogP contribution is 2.31. The third-order valence-electron chi connectivity index (χ3n) is 4.27. The van der Waals surface area contributed by atoms with Crippen molar-refractivity contribution in [3.8, 4) is 0 Å². The smallest absolute Gasteiger partial charge is 0.330 e. The normalized spacial score (nSPS) is 16.8. The summed E-state index contributed by atoms with van der Waals surface area (Å²) in [6.45, 7) is 4.45. The molecule has 0 aromatic rings. The number of allylic oxidation sites excluding steroid dienone is 7. The Morgan fingerprint density at radius 1 is 0.815 bits per heavy atom. The summed E-state index contributed by atoms with van der Waals surface area (Å²) < 4.78 is 10.2. The van der Waals surface area contributed by atoms with E-state index in [0.717, 1.165) is 17.9 Å². The molecule has 0 aromatic heterocycles. The first-order valence-corrected chi connectivity index (χ1v) is 10.5. The fourth-order valence-corrected chi connectivity index (χ4v) is 2.68. The second-order valence-electron chi connectivity index (χ2n) is 6.71. The Morgan fingerprint density at radius 3 is 2.11 bits per heavy atom. The predicted octanol–water partition coefficient (Wildman–Crippen LogP) is 6.94. The van der Waals surface area contributed by atoms with Crippen LogP contribution in [0.15, 0.2) is 60.1 Å². The van der Waals surface area contributed by atoms with Crippen LogP contribution in [0.2, 0.25) is 0 Å². The van der Waals surface area contributed by atoms with Crippen molar-refractivity contribution in [2.45, 2.75) is 78.1 Å². The van der Waals surface area contributed by atoms with E-state index in [4.69, 9.17) is 9.47 Å². The van der Waals surface area contributed by atoms with Gasteiger partial charge >= 0.3 is 5.97 Å². The van der Waals surface area contributed by atoms with E-state index >= 15 is 0 Å². The standard InChI is InChI=1S/C24H36O3/c1-3-5-6-7-8-9-10-11-12-13-14-16-19-22-23(27-22)20-17-15-18-21-24(25)26-4-2/h14-21H,3-13H2,1-2H3/b16-14+,17-15+,21-18+,22-19+,23-20-. The molecule has 1 heterocycles. The summed E-state index contributed by atoms with van der Waals surface area (Å²) in [4.78, 5) is 11.1. The lowest BCUT2D eigenvalue weighted by Crippen LogP contribution is -1.98. The molecule has 27 heavy (non-hydrogen) atoms. The van der Waals surface area contributed by atoms with Crippen molar-refractivity contribution < 1.29 is 14.3 Å². The summed E-state index contributed by atoms with van der Waals surface area (Å²) in [6, 6.07) is 0. The molecule has 0 bridgehead atoms. The van der Waals surface area contributed by atoms with E-state index in [-0.39, 0.29) is 5.97 Å². The van der Waals surface area contributed by atoms with Gasteiger partial charge < -0.3 is 9.47 Å². The summed E-state index contributed by atoms with van der Waals surface area (Å²) in [5.74, 6) is 1.47. The van der Waals surface area contributed by atoms with Gasteiger partial charge in [0, 0.05) is 6.08 Å². The van der Waals surface area contributed by atoms with Crippen molar-refractivity contribution in [3.05, 3.63) is 60.1 Å². The molecule has 0 saturated carbocycles. The maximum absolute atomic E-state index is 11.1. The van der Waals surface area contributed by atoms with Crippen LogP contribution < -0.4 is 0 Å². The second kappa shape index (κ2) is 16.2. The van der Waals surface area contributed by atoms with E-state index in [1.54, 1.807) is 19.1 Å². The van der Waals surface area contributed by atoms with Gasteiger partial charge in [0.15, 0.2) is 11.5 Å². The lowest BCUT2D eigenvalue weighted by molar-refractivity contribution is -0.137. The van der Waals surface area contributed by atoms with Gasteiger partial charge in [-0.2, -0.15) is 0 Å². The molecule has 1 fully saturated rings. The fourth-order valence-electron chi connectivity index (χ4n) is 2.68. The first-order chi connectivity index (χ1) is 13.3. The van der Waals surface area contributed by atoms with Gasteiger partial charge in [0.05, 0.1) is 6.61 Å². The number of epoxide rings is 1. The maximum Gasteiger partial charge on any atom is 0.330 e. The van der Waals surface area contributed by atoms with Crippen molar-refractivity contribution >= 4 is 5.97 Å². The topological polar surface area (TPSA) is 38.8 Å². The molecule has 0 amide bonds. The third kappa shape index (κ3) is 13.8. The van der Waals surface area contributed by atoms with E-state index in [1.807, 2.05) is 18.2 Å². The van der Waals surface area contributed by atoms with Crippen molar-refractivity contribution in [3.63, 3.8) is 0 Å². The van der Waals surface area contributed by atoms with Crippen LogP contribution in [0.1, 0.15) is 78.1 Å². The summed E-state index contributed by atoms with van der Waals surface area (Å²) >= 11 is 0. The van der Waals surface area contributed by atoms with Crippen LogP contribution in [0.3, 0.4) is 0 Å². The van der Waals surface area contributed by atoms with Crippen molar-refractivity contribution in [2.24, 2.45) is 0 Å². The highest BCUT2D eigenvalue weighted by Gasteiger charge is 2.21. The van der Waals surface area contributed by atoms with Crippen LogP contribution in [0.4, 0.5) is 0 Å². The number of carbonyl (C=O) groups is 1. The zero-order valence-electron chi connectivity index (χ0n) is 17.1. The molecule has 1 aliphatic rings. The summed E-state index contributed by atoms with van der Waals surface area (Å²) in [5.41, 5.74) is 0. The maximum atomic E-state index is 11.1. The van der Waals surface area contributed by atoms with E-state index in [9.17, 15) is 4.79 Å². The number of hydrogen-bond acceptors (Lipinski definition) is 3. The van der Waals surface area contributed by atoms with Crippen molar-refractivity contribution in [1.82, 2.24) is 0 Å². The van der Waals surface area contributed by atoms with Crippen LogP contribution in [0.5, 0.6) is 0 Å². The number of hydrogen-bond donors (Lipinski definition) is 0. The largest absolute Gasteiger partial charge is 0.463 e. The van der Waals surface area contributed by atoms with E-state index in [2.05, 4.69) is 19.1 Å². The van der Waals surface area contributed by atoms with Gasteiger partial charge in [-0.3, -0.25) is 0 Å². The molecule has 3 nitrogen and oxygen atoms in total. The fraction of sp³-hybridized carbons (Fsp3) is 0.542. The summed E-state index contributed by atoms with van der Waals surface area (Å²) in [5, 5.41) is 0. The van der Waals surface area contributed by atoms with Crippen LogP contribution in [0, 0.1) is 0 Å². The Morgan fingerprint density at radius 2 is 1.44 bits per heavy atom. The average Bonchev–Trinajstić information content (AvgIpc) is 3.41. The second-order valence-corrected chi connectivity index (χ2v) is 6.71. The van der Waals surface area contributed by atoms with Gasteiger partial charge in [-0.15, -0.1) is 0 Å². The Hall–Kier alpha value is -2.03. The van der Waals surface area contributed by atoms with Crippen LogP contribution in [-0.2, 0) is 14.3 Å². The molecule has 1 rings (SSSR count). The minimum absolute atomic E-state index is 0.324. The first kappa shape index (κ1) is 23.0.